The number of anilines is 1. The number of nitrogens with zero attached hydrogens (tertiary/aromatic N) is 2. The second-order valence-corrected chi connectivity index (χ2v) is 8.02. The third-order valence-electron chi connectivity index (χ3n) is 4.66. The second-order valence-electron chi connectivity index (χ2n) is 6.46. The standard InChI is InChI=1S/C17H19N3O4S/c1-19(12-17(9-10-17)13-5-3-2-4-6-13)15-8-7-14(25(18,23)24)11-16(15)20(21)22/h2-8,11H,9-10,12H2,1H3,(H2,18,23,24). The topological polar surface area (TPSA) is 107 Å². The van der Waals surface area contributed by atoms with Crippen LogP contribution in [0.4, 0.5) is 11.4 Å². The lowest BCUT2D eigenvalue weighted by Gasteiger charge is -2.26. The fraction of sp³-hybridized carbons (Fsp3) is 0.294. The smallest absolute Gasteiger partial charge is 0.293 e. The minimum atomic E-state index is -3.99. The Hall–Kier alpha value is -2.45. The van der Waals surface area contributed by atoms with Crippen LogP contribution < -0.4 is 10.0 Å². The molecular formula is C17H19N3O4S. The van der Waals surface area contributed by atoms with Crippen molar-refractivity contribution >= 4 is 21.4 Å². The molecule has 1 fully saturated rings. The number of likely N-dealkylation sites (N-methyl/N-ethyl adjacent to an activating group) is 1. The zero-order chi connectivity index (χ0) is 18.2. The fourth-order valence-corrected chi connectivity index (χ4v) is 3.70. The zero-order valence-corrected chi connectivity index (χ0v) is 14.6. The molecule has 1 saturated carbocycles. The third-order valence-corrected chi connectivity index (χ3v) is 5.57. The van der Waals surface area contributed by atoms with Crippen LogP contribution in [-0.4, -0.2) is 26.9 Å². The van der Waals surface area contributed by atoms with Crippen molar-refractivity contribution in [1.29, 1.82) is 0 Å². The molecule has 0 atom stereocenters. The van der Waals surface area contributed by atoms with E-state index >= 15 is 0 Å². The van der Waals surface area contributed by atoms with Crippen molar-refractivity contribution in [2.75, 3.05) is 18.5 Å². The molecule has 25 heavy (non-hydrogen) atoms. The average Bonchev–Trinajstić information content (AvgIpc) is 3.35. The summed E-state index contributed by atoms with van der Waals surface area (Å²) in [5.74, 6) is 0. The SMILES string of the molecule is CN(CC1(c2ccccc2)CC1)c1ccc(S(N)(=O)=O)cc1[N+](=O)[O-]. The maximum absolute atomic E-state index is 11.5. The number of benzene rings is 2. The molecule has 3 rings (SSSR count). The van der Waals surface area contributed by atoms with Gasteiger partial charge in [0.1, 0.15) is 5.69 Å². The summed E-state index contributed by atoms with van der Waals surface area (Å²) in [7, 11) is -2.21. The van der Waals surface area contributed by atoms with Crippen LogP contribution in [0.25, 0.3) is 0 Å². The van der Waals surface area contributed by atoms with Gasteiger partial charge in [-0.15, -0.1) is 0 Å². The molecule has 2 aromatic rings. The van der Waals surface area contributed by atoms with Gasteiger partial charge in [-0.05, 0) is 30.5 Å². The van der Waals surface area contributed by atoms with Gasteiger partial charge >= 0.3 is 0 Å². The van der Waals surface area contributed by atoms with Crippen LogP contribution in [0.5, 0.6) is 0 Å². The fourth-order valence-electron chi connectivity index (χ4n) is 3.17. The van der Waals surface area contributed by atoms with E-state index in [1.165, 1.54) is 17.7 Å². The molecule has 2 N–H and O–H groups in total. The number of hydrogen-bond acceptors (Lipinski definition) is 5. The highest BCUT2D eigenvalue weighted by molar-refractivity contribution is 7.89. The molecule has 1 aliphatic carbocycles. The maximum Gasteiger partial charge on any atom is 0.293 e. The van der Waals surface area contributed by atoms with E-state index in [1.54, 1.807) is 7.05 Å². The maximum atomic E-state index is 11.5. The Bertz CT molecular complexity index is 909. The summed E-state index contributed by atoms with van der Waals surface area (Å²) in [5, 5.41) is 16.5. The number of sulfonamides is 1. The molecule has 2 aromatic carbocycles. The van der Waals surface area contributed by atoms with Crippen molar-refractivity contribution in [2.45, 2.75) is 23.2 Å². The van der Waals surface area contributed by atoms with Crippen LogP contribution in [0.3, 0.4) is 0 Å². The molecule has 0 amide bonds. The molecule has 8 heteroatoms. The Morgan fingerprint density at radius 1 is 1.20 bits per heavy atom. The first-order chi connectivity index (χ1) is 11.7. The molecular weight excluding hydrogens is 342 g/mol. The molecule has 0 aliphatic heterocycles. The predicted molar refractivity (Wildman–Crippen MR) is 95.1 cm³/mol. The normalized spacial score (nSPS) is 15.6. The van der Waals surface area contributed by atoms with E-state index in [0.717, 1.165) is 18.9 Å². The quantitative estimate of drug-likeness (QED) is 0.628. The van der Waals surface area contributed by atoms with Crippen molar-refractivity contribution in [1.82, 2.24) is 0 Å². The summed E-state index contributed by atoms with van der Waals surface area (Å²) in [5.41, 5.74) is 1.31. The highest BCUT2D eigenvalue weighted by Crippen LogP contribution is 2.49. The first kappa shape index (κ1) is 17.4. The van der Waals surface area contributed by atoms with Gasteiger partial charge in [0.25, 0.3) is 5.69 Å². The second kappa shape index (κ2) is 6.12. The molecule has 0 aromatic heterocycles. The largest absolute Gasteiger partial charge is 0.368 e. The molecule has 132 valence electrons. The molecule has 0 heterocycles. The molecule has 1 aliphatic rings. The number of hydrogen-bond donors (Lipinski definition) is 1. The van der Waals surface area contributed by atoms with Gasteiger partial charge in [-0.1, -0.05) is 30.3 Å². The monoisotopic (exact) mass is 361 g/mol. The van der Waals surface area contributed by atoms with Gasteiger partial charge in [-0.3, -0.25) is 10.1 Å². The van der Waals surface area contributed by atoms with Crippen molar-refractivity contribution in [2.24, 2.45) is 5.14 Å². The number of primary sulfonamides is 1. The van der Waals surface area contributed by atoms with E-state index < -0.39 is 14.9 Å². The number of nitro benzene ring substituents is 1. The summed E-state index contributed by atoms with van der Waals surface area (Å²) in [6, 6.07) is 13.8. The summed E-state index contributed by atoms with van der Waals surface area (Å²) < 4.78 is 22.9. The Balaban J connectivity index is 1.92. The predicted octanol–water partition coefficient (Wildman–Crippen LogP) is 2.41. The number of rotatable bonds is 6. The van der Waals surface area contributed by atoms with Gasteiger partial charge in [-0.25, -0.2) is 13.6 Å². The lowest BCUT2D eigenvalue weighted by atomic mass is 9.95. The van der Waals surface area contributed by atoms with E-state index in [2.05, 4.69) is 12.1 Å². The average molecular weight is 361 g/mol. The van der Waals surface area contributed by atoms with E-state index in [1.807, 2.05) is 23.1 Å². The summed E-state index contributed by atoms with van der Waals surface area (Å²) in [4.78, 5) is 12.4. The van der Waals surface area contributed by atoms with Crippen LogP contribution >= 0.6 is 0 Å². The van der Waals surface area contributed by atoms with Gasteiger partial charge < -0.3 is 4.90 Å². The first-order valence-electron chi connectivity index (χ1n) is 7.81. The number of nitro groups is 1. The van der Waals surface area contributed by atoms with E-state index in [-0.39, 0.29) is 16.0 Å². The van der Waals surface area contributed by atoms with Gasteiger partial charge in [0, 0.05) is 25.1 Å². The molecule has 0 radical (unpaired) electrons. The lowest BCUT2D eigenvalue weighted by Crippen LogP contribution is -2.29. The van der Waals surface area contributed by atoms with Crippen LogP contribution in [0.15, 0.2) is 53.4 Å². The minimum Gasteiger partial charge on any atom is -0.368 e. The van der Waals surface area contributed by atoms with Crippen molar-refractivity contribution in [3.8, 4) is 0 Å². The van der Waals surface area contributed by atoms with Gasteiger partial charge in [0.15, 0.2) is 0 Å². The Morgan fingerprint density at radius 3 is 2.36 bits per heavy atom. The van der Waals surface area contributed by atoms with Crippen molar-refractivity contribution < 1.29 is 13.3 Å². The third kappa shape index (κ3) is 3.49. The van der Waals surface area contributed by atoms with Gasteiger partial charge in [0.2, 0.25) is 10.0 Å². The lowest BCUT2D eigenvalue weighted by molar-refractivity contribution is -0.384. The Labute approximate surface area is 146 Å². The molecule has 7 nitrogen and oxygen atoms in total. The van der Waals surface area contributed by atoms with Crippen LogP contribution in [-0.2, 0) is 15.4 Å². The van der Waals surface area contributed by atoms with Gasteiger partial charge in [-0.2, -0.15) is 0 Å². The van der Waals surface area contributed by atoms with E-state index in [4.69, 9.17) is 5.14 Å². The van der Waals surface area contributed by atoms with Crippen molar-refractivity contribution in [3.63, 3.8) is 0 Å². The Kier molecular flexibility index (Phi) is 4.26. The first-order valence-corrected chi connectivity index (χ1v) is 9.35. The van der Waals surface area contributed by atoms with Crippen molar-refractivity contribution in [3.05, 3.63) is 64.2 Å². The molecule has 0 spiro atoms. The summed E-state index contributed by atoms with van der Waals surface area (Å²) in [6.45, 7) is 0.618. The molecule has 0 unspecified atom stereocenters. The number of nitrogens with two attached hydrogens (primary N) is 1. The summed E-state index contributed by atoms with van der Waals surface area (Å²) >= 11 is 0. The van der Waals surface area contributed by atoms with Gasteiger partial charge in [0.05, 0.1) is 9.82 Å². The van der Waals surface area contributed by atoms with Crippen LogP contribution in [0.1, 0.15) is 18.4 Å². The van der Waals surface area contributed by atoms with Crippen LogP contribution in [0.2, 0.25) is 0 Å². The highest BCUT2D eigenvalue weighted by Gasteiger charge is 2.45. The highest BCUT2D eigenvalue weighted by atomic mass is 32.2. The van der Waals surface area contributed by atoms with E-state index in [0.29, 0.717) is 12.2 Å². The van der Waals surface area contributed by atoms with Crippen LogP contribution in [0, 0.1) is 10.1 Å². The molecule has 0 saturated heterocycles. The summed E-state index contributed by atoms with van der Waals surface area (Å²) in [6.07, 6.45) is 2.04. The van der Waals surface area contributed by atoms with E-state index in [9.17, 15) is 18.5 Å². The zero-order valence-electron chi connectivity index (χ0n) is 13.8. The molecule has 0 bridgehead atoms. The minimum absolute atomic E-state index is 0.0114. The Morgan fingerprint density at radius 2 is 1.84 bits per heavy atom.